The summed E-state index contributed by atoms with van der Waals surface area (Å²) in [5.41, 5.74) is 7.51. The molecule has 0 atom stereocenters. The molecular weight excluding hydrogens is 286 g/mol. The van der Waals surface area contributed by atoms with Crippen molar-refractivity contribution >= 4 is 39.6 Å². The van der Waals surface area contributed by atoms with Crippen molar-refractivity contribution in [3.63, 3.8) is 0 Å². The Balaban J connectivity index is 2.26. The molecule has 3 N–H and O–H groups in total. The summed E-state index contributed by atoms with van der Waals surface area (Å²) in [5, 5.41) is 3.60. The van der Waals surface area contributed by atoms with Gasteiger partial charge in [0.25, 0.3) is 5.91 Å². The lowest BCUT2D eigenvalue weighted by molar-refractivity contribution is 0.103. The number of nitrogens with two attached hydrogens (primary N) is 1. The monoisotopic (exact) mass is 305 g/mol. The first-order valence-electron chi connectivity index (χ1n) is 6.41. The van der Waals surface area contributed by atoms with E-state index in [-0.39, 0.29) is 11.7 Å². The van der Waals surface area contributed by atoms with Gasteiger partial charge < -0.3 is 20.9 Å². The lowest BCUT2D eigenvalue weighted by Gasteiger charge is -2.17. The predicted molar refractivity (Wildman–Crippen MR) is 89.6 cm³/mol. The Bertz CT molecular complexity index is 651. The van der Waals surface area contributed by atoms with E-state index in [9.17, 15) is 4.79 Å². The van der Waals surface area contributed by atoms with E-state index in [1.807, 2.05) is 62.3 Å². The molecule has 112 valence electrons. The first-order valence-corrected chi connectivity index (χ1v) is 7.23. The zero-order valence-electron chi connectivity index (χ0n) is 12.5. The van der Waals surface area contributed by atoms with Crippen molar-refractivity contribution in [1.29, 1.82) is 0 Å². The van der Waals surface area contributed by atoms with Gasteiger partial charge >= 0.3 is 0 Å². The number of thiazole rings is 1. The molecule has 0 unspecified atom stereocenters. The van der Waals surface area contributed by atoms with Crippen LogP contribution in [0.1, 0.15) is 9.67 Å². The van der Waals surface area contributed by atoms with Gasteiger partial charge in [-0.1, -0.05) is 23.5 Å². The van der Waals surface area contributed by atoms with E-state index >= 15 is 0 Å². The number of nitrogens with one attached hydrogen (secondary N) is 1. The first-order chi connectivity index (χ1) is 9.90. The minimum absolute atomic E-state index is 0.243. The molecule has 1 aromatic heterocycles. The van der Waals surface area contributed by atoms with Gasteiger partial charge in [-0.3, -0.25) is 4.79 Å². The number of hydrogen-bond acceptors (Lipinski definition) is 6. The Morgan fingerprint density at radius 1 is 1.19 bits per heavy atom. The van der Waals surface area contributed by atoms with Crippen LogP contribution in [0.3, 0.4) is 0 Å². The maximum atomic E-state index is 12.4. The molecule has 1 heterocycles. The Morgan fingerprint density at radius 2 is 1.86 bits per heavy atom. The van der Waals surface area contributed by atoms with Gasteiger partial charge in [0.2, 0.25) is 0 Å². The van der Waals surface area contributed by atoms with Crippen LogP contribution < -0.4 is 20.9 Å². The van der Waals surface area contributed by atoms with Gasteiger partial charge in [0.15, 0.2) is 5.13 Å². The van der Waals surface area contributed by atoms with E-state index in [1.54, 1.807) is 0 Å². The van der Waals surface area contributed by atoms with Crippen LogP contribution in [0.15, 0.2) is 24.3 Å². The highest BCUT2D eigenvalue weighted by atomic mass is 32.1. The molecule has 0 spiro atoms. The Labute approximate surface area is 128 Å². The van der Waals surface area contributed by atoms with Crippen LogP contribution in [0.2, 0.25) is 0 Å². The summed E-state index contributed by atoms with van der Waals surface area (Å²) in [5.74, 6) is 0.0101. The van der Waals surface area contributed by atoms with Gasteiger partial charge in [-0.05, 0) is 12.1 Å². The van der Waals surface area contributed by atoms with Crippen LogP contribution in [-0.2, 0) is 0 Å². The molecule has 2 rings (SSSR count). The van der Waals surface area contributed by atoms with Crippen LogP contribution in [-0.4, -0.2) is 39.1 Å². The van der Waals surface area contributed by atoms with Crippen molar-refractivity contribution in [2.45, 2.75) is 0 Å². The van der Waals surface area contributed by atoms with Crippen molar-refractivity contribution in [1.82, 2.24) is 4.98 Å². The minimum atomic E-state index is -0.243. The molecule has 0 aliphatic heterocycles. The molecular formula is C14H19N5OS. The summed E-state index contributed by atoms with van der Waals surface area (Å²) in [6.45, 7) is 0. The number of hydrogen-bond donors (Lipinski definition) is 2. The van der Waals surface area contributed by atoms with Crippen LogP contribution in [0.4, 0.5) is 22.3 Å². The minimum Gasteiger partial charge on any atom is -0.382 e. The van der Waals surface area contributed by atoms with Gasteiger partial charge in [-0.2, -0.15) is 0 Å². The highest BCUT2D eigenvalue weighted by Crippen LogP contribution is 2.29. The molecule has 0 fully saturated rings. The topological polar surface area (TPSA) is 74.5 Å². The number of nitrogen functional groups attached to an aromatic ring is 1. The maximum Gasteiger partial charge on any atom is 0.269 e. The zero-order chi connectivity index (χ0) is 15.6. The van der Waals surface area contributed by atoms with Gasteiger partial charge in [-0.25, -0.2) is 4.98 Å². The summed E-state index contributed by atoms with van der Waals surface area (Å²) in [6.07, 6.45) is 0. The molecule has 0 bridgehead atoms. The highest BCUT2D eigenvalue weighted by molar-refractivity contribution is 7.18. The fourth-order valence-corrected chi connectivity index (χ4v) is 2.63. The molecule has 6 nitrogen and oxygen atoms in total. The largest absolute Gasteiger partial charge is 0.382 e. The van der Waals surface area contributed by atoms with Crippen molar-refractivity contribution in [2.75, 3.05) is 49.0 Å². The number of aromatic nitrogens is 1. The summed E-state index contributed by atoms with van der Waals surface area (Å²) in [7, 11) is 7.58. The van der Waals surface area contributed by atoms with Crippen LogP contribution in [0.25, 0.3) is 0 Å². The van der Waals surface area contributed by atoms with E-state index in [0.717, 1.165) is 11.4 Å². The van der Waals surface area contributed by atoms with Gasteiger partial charge in [0.1, 0.15) is 10.7 Å². The summed E-state index contributed by atoms with van der Waals surface area (Å²) >= 11 is 1.27. The van der Waals surface area contributed by atoms with Crippen molar-refractivity contribution in [2.24, 2.45) is 0 Å². The van der Waals surface area contributed by atoms with Crippen LogP contribution in [0, 0.1) is 0 Å². The number of para-hydroxylation sites is 2. The first kappa shape index (κ1) is 15.1. The van der Waals surface area contributed by atoms with Gasteiger partial charge in [0.05, 0.1) is 11.4 Å². The molecule has 0 saturated heterocycles. The zero-order valence-corrected chi connectivity index (χ0v) is 13.4. The normalized spacial score (nSPS) is 10.3. The smallest absolute Gasteiger partial charge is 0.269 e. The maximum absolute atomic E-state index is 12.4. The Morgan fingerprint density at radius 3 is 2.43 bits per heavy atom. The Kier molecular flexibility index (Phi) is 4.32. The van der Waals surface area contributed by atoms with E-state index in [0.29, 0.717) is 10.0 Å². The van der Waals surface area contributed by atoms with Crippen molar-refractivity contribution < 1.29 is 4.79 Å². The number of amides is 1. The lowest BCUT2D eigenvalue weighted by atomic mass is 10.2. The number of anilines is 4. The van der Waals surface area contributed by atoms with Crippen molar-refractivity contribution in [3.8, 4) is 0 Å². The summed E-state index contributed by atoms with van der Waals surface area (Å²) < 4.78 is 0. The van der Waals surface area contributed by atoms with E-state index in [4.69, 9.17) is 5.73 Å². The third-order valence-corrected chi connectivity index (χ3v) is 4.10. The van der Waals surface area contributed by atoms with Crippen molar-refractivity contribution in [3.05, 3.63) is 29.1 Å². The molecule has 0 saturated carbocycles. The van der Waals surface area contributed by atoms with E-state index in [2.05, 4.69) is 10.3 Å². The summed E-state index contributed by atoms with van der Waals surface area (Å²) in [4.78, 5) is 20.8. The second-order valence-electron chi connectivity index (χ2n) is 4.97. The standard InChI is InChI=1S/C14H19N5OS/c1-18(2)10-8-6-5-7-9(10)16-13(20)11-12(15)17-14(21-11)19(3)4/h5-8H,15H2,1-4H3,(H,16,20). The molecule has 1 aromatic carbocycles. The molecule has 0 aliphatic carbocycles. The molecule has 0 radical (unpaired) electrons. The predicted octanol–water partition coefficient (Wildman–Crippen LogP) is 2.11. The fourth-order valence-electron chi connectivity index (χ4n) is 1.82. The number of carbonyl (C=O) groups is 1. The third kappa shape index (κ3) is 3.25. The van der Waals surface area contributed by atoms with Crippen LogP contribution >= 0.6 is 11.3 Å². The van der Waals surface area contributed by atoms with E-state index in [1.165, 1.54) is 11.3 Å². The SMILES string of the molecule is CN(C)c1nc(N)c(C(=O)Nc2ccccc2N(C)C)s1. The molecule has 2 aromatic rings. The average molecular weight is 305 g/mol. The Hall–Kier alpha value is -2.28. The van der Waals surface area contributed by atoms with Gasteiger partial charge in [-0.15, -0.1) is 0 Å². The lowest BCUT2D eigenvalue weighted by Crippen LogP contribution is -2.16. The number of nitrogens with zero attached hydrogens (tertiary/aromatic N) is 3. The molecule has 21 heavy (non-hydrogen) atoms. The van der Waals surface area contributed by atoms with Crippen LogP contribution in [0.5, 0.6) is 0 Å². The van der Waals surface area contributed by atoms with Gasteiger partial charge in [0, 0.05) is 28.2 Å². The number of rotatable bonds is 4. The third-order valence-electron chi connectivity index (χ3n) is 2.86. The van der Waals surface area contributed by atoms with E-state index < -0.39 is 0 Å². The highest BCUT2D eigenvalue weighted by Gasteiger charge is 2.18. The molecule has 7 heteroatoms. The average Bonchev–Trinajstić information content (AvgIpc) is 2.81. The second kappa shape index (κ2) is 6.01. The quantitative estimate of drug-likeness (QED) is 0.905. The molecule has 0 aliphatic rings. The summed E-state index contributed by atoms with van der Waals surface area (Å²) in [6, 6.07) is 7.61. The molecule has 1 amide bonds. The fraction of sp³-hybridized carbons (Fsp3) is 0.286. The number of carbonyl (C=O) groups excluding carboxylic acids is 1. The number of benzene rings is 1. The second-order valence-corrected chi connectivity index (χ2v) is 5.95.